The normalized spacial score (nSPS) is 14.1. The maximum Gasteiger partial charge on any atom is 0.264 e. The quantitative estimate of drug-likeness (QED) is 0.181. The predicted octanol–water partition coefficient (Wildman–Crippen LogP) is 6.85. The topological polar surface area (TPSA) is 86.8 Å². The summed E-state index contributed by atoms with van der Waals surface area (Å²) in [6.45, 7) is 3.41. The lowest BCUT2D eigenvalue weighted by molar-refractivity contribution is -0.140. The van der Waals surface area contributed by atoms with Crippen molar-refractivity contribution < 1.29 is 18.0 Å². The van der Waals surface area contributed by atoms with Crippen molar-refractivity contribution in [3.05, 3.63) is 130 Å². The summed E-state index contributed by atoms with van der Waals surface area (Å²) in [6, 6.07) is 29.5. The number of para-hydroxylation sites is 1. The van der Waals surface area contributed by atoms with Gasteiger partial charge in [-0.25, -0.2) is 8.42 Å². The molecule has 0 radical (unpaired) electrons. The smallest absolute Gasteiger partial charge is 0.264 e. The third kappa shape index (κ3) is 7.98. The fourth-order valence-corrected chi connectivity index (χ4v) is 7.62. The van der Waals surface area contributed by atoms with Crippen molar-refractivity contribution in [2.45, 2.75) is 69.5 Å². The van der Waals surface area contributed by atoms with Crippen LogP contribution in [0.5, 0.6) is 0 Å². The molecule has 0 aliphatic heterocycles. The third-order valence-electron chi connectivity index (χ3n) is 8.58. The maximum atomic E-state index is 14.7. The Hall–Kier alpha value is -4.14. The second-order valence-corrected chi connectivity index (χ2v) is 14.2. The number of anilines is 1. The molecular weight excluding hydrogens is 618 g/mol. The van der Waals surface area contributed by atoms with Crippen molar-refractivity contribution in [1.82, 2.24) is 10.2 Å². The van der Waals surface area contributed by atoms with Crippen LogP contribution < -0.4 is 9.62 Å². The summed E-state index contributed by atoms with van der Waals surface area (Å²) in [5, 5.41) is 3.40. The lowest BCUT2D eigenvalue weighted by Crippen LogP contribution is -2.54. The summed E-state index contributed by atoms with van der Waals surface area (Å²) in [5.74, 6) is -0.760. The van der Waals surface area contributed by atoms with E-state index in [4.69, 9.17) is 11.6 Å². The lowest BCUT2D eigenvalue weighted by Gasteiger charge is -2.34. The summed E-state index contributed by atoms with van der Waals surface area (Å²) in [4.78, 5) is 30.4. The number of sulfonamides is 1. The average molecular weight is 658 g/mol. The second-order valence-electron chi connectivity index (χ2n) is 11.9. The minimum absolute atomic E-state index is 0.0380. The molecule has 1 aliphatic carbocycles. The average Bonchev–Trinajstić information content (AvgIpc) is 3.56. The minimum atomic E-state index is -4.23. The Labute approximate surface area is 277 Å². The molecule has 4 aromatic rings. The van der Waals surface area contributed by atoms with Gasteiger partial charge in [0.25, 0.3) is 10.0 Å². The van der Waals surface area contributed by atoms with Crippen LogP contribution in [0, 0.1) is 13.8 Å². The highest BCUT2D eigenvalue weighted by atomic mass is 35.5. The van der Waals surface area contributed by atoms with Crippen molar-refractivity contribution in [1.29, 1.82) is 0 Å². The van der Waals surface area contributed by atoms with E-state index in [1.165, 1.54) is 17.0 Å². The number of carbonyl (C=O) groups excluding carboxylic acids is 2. The zero-order valence-electron chi connectivity index (χ0n) is 26.2. The Bertz CT molecular complexity index is 1760. The van der Waals surface area contributed by atoms with Crippen LogP contribution in [0.2, 0.25) is 5.02 Å². The Balaban J connectivity index is 1.58. The molecule has 1 N–H and O–H groups in total. The molecular formula is C37H40ClN3O4S. The summed E-state index contributed by atoms with van der Waals surface area (Å²) >= 11 is 6.57. The van der Waals surface area contributed by atoms with Gasteiger partial charge in [-0.2, -0.15) is 0 Å². The molecule has 1 fully saturated rings. The molecule has 4 aromatic carbocycles. The van der Waals surface area contributed by atoms with Crippen LogP contribution in [0.3, 0.4) is 0 Å². The van der Waals surface area contributed by atoms with Gasteiger partial charge >= 0.3 is 0 Å². The Morgan fingerprint density at radius 2 is 1.48 bits per heavy atom. The van der Waals surface area contributed by atoms with Crippen LogP contribution in [0.15, 0.2) is 108 Å². The first-order chi connectivity index (χ1) is 22.1. The van der Waals surface area contributed by atoms with Gasteiger partial charge in [0, 0.05) is 19.0 Å². The number of aryl methyl sites for hydroxylation is 2. The lowest BCUT2D eigenvalue weighted by atomic mass is 10.0. The van der Waals surface area contributed by atoms with Gasteiger partial charge in [-0.1, -0.05) is 109 Å². The molecule has 0 aromatic heterocycles. The summed E-state index contributed by atoms with van der Waals surface area (Å²) in [6.07, 6.45) is 4.15. The van der Waals surface area contributed by atoms with E-state index in [1.54, 1.807) is 36.4 Å². The van der Waals surface area contributed by atoms with E-state index < -0.39 is 28.5 Å². The number of rotatable bonds is 12. The Morgan fingerprint density at radius 3 is 2.15 bits per heavy atom. The van der Waals surface area contributed by atoms with E-state index in [2.05, 4.69) is 5.32 Å². The summed E-state index contributed by atoms with van der Waals surface area (Å²) in [5.41, 5.74) is 3.81. The van der Waals surface area contributed by atoms with Crippen molar-refractivity contribution in [3.8, 4) is 0 Å². The molecule has 7 nitrogen and oxygen atoms in total. The van der Waals surface area contributed by atoms with Crippen LogP contribution in [0.1, 0.15) is 47.9 Å². The number of hydrogen-bond acceptors (Lipinski definition) is 4. The van der Waals surface area contributed by atoms with Gasteiger partial charge in [-0.15, -0.1) is 0 Å². The molecule has 46 heavy (non-hydrogen) atoms. The van der Waals surface area contributed by atoms with Crippen molar-refractivity contribution >= 4 is 39.1 Å². The molecule has 0 bridgehead atoms. The molecule has 1 unspecified atom stereocenters. The van der Waals surface area contributed by atoms with E-state index in [0.717, 1.165) is 52.2 Å². The minimum Gasteiger partial charge on any atom is -0.352 e. The zero-order valence-corrected chi connectivity index (χ0v) is 27.8. The molecule has 1 saturated carbocycles. The SMILES string of the molecule is Cc1ccc(S(=O)(=O)N(CC(=O)N(Cc2ccccc2C)C(Cc2ccccc2)C(=O)NC2CCCC2)c2ccccc2Cl)cc1. The number of hydrogen-bond donors (Lipinski definition) is 1. The molecule has 0 heterocycles. The van der Waals surface area contributed by atoms with Crippen LogP contribution in [0.25, 0.3) is 0 Å². The number of amides is 2. The molecule has 240 valence electrons. The highest BCUT2D eigenvalue weighted by Gasteiger charge is 2.36. The Kier molecular flexibility index (Phi) is 10.8. The van der Waals surface area contributed by atoms with Crippen LogP contribution in [-0.4, -0.2) is 43.8 Å². The van der Waals surface area contributed by atoms with E-state index in [1.807, 2.05) is 68.4 Å². The van der Waals surface area contributed by atoms with Crippen LogP contribution >= 0.6 is 11.6 Å². The molecule has 0 spiro atoms. The van der Waals surface area contributed by atoms with E-state index in [-0.39, 0.29) is 40.5 Å². The van der Waals surface area contributed by atoms with E-state index in [0.29, 0.717) is 0 Å². The van der Waals surface area contributed by atoms with Gasteiger partial charge in [0.05, 0.1) is 15.6 Å². The fourth-order valence-electron chi connectivity index (χ4n) is 5.90. The molecule has 1 atom stereocenters. The van der Waals surface area contributed by atoms with E-state index in [9.17, 15) is 18.0 Å². The standard InChI is InChI=1S/C37H40ClN3O4S/c1-27-20-22-32(23-21-27)46(44,45)41(34-19-11-10-18-33(34)38)26-36(42)40(25-30-15-7-6-12-28(30)2)35(24-29-13-4-3-5-14-29)37(43)39-31-16-8-9-17-31/h3-7,10-15,18-23,31,35H,8-9,16-17,24-26H2,1-2H3,(H,39,43). The zero-order chi connectivity index (χ0) is 32.7. The molecule has 1 aliphatic rings. The first-order valence-corrected chi connectivity index (χ1v) is 17.5. The molecule has 2 amide bonds. The highest BCUT2D eigenvalue weighted by Crippen LogP contribution is 2.31. The first-order valence-electron chi connectivity index (χ1n) is 15.7. The van der Waals surface area contributed by atoms with Gasteiger partial charge in [0.1, 0.15) is 12.6 Å². The number of halogens is 1. The van der Waals surface area contributed by atoms with Gasteiger partial charge in [-0.3, -0.25) is 13.9 Å². The monoisotopic (exact) mass is 657 g/mol. The summed E-state index contributed by atoms with van der Waals surface area (Å²) < 4.78 is 29.5. The molecule has 9 heteroatoms. The van der Waals surface area contributed by atoms with Crippen LogP contribution in [-0.2, 0) is 32.6 Å². The largest absolute Gasteiger partial charge is 0.352 e. The van der Waals surface area contributed by atoms with Crippen molar-refractivity contribution in [2.24, 2.45) is 0 Å². The van der Waals surface area contributed by atoms with Crippen LogP contribution in [0.4, 0.5) is 5.69 Å². The predicted molar refractivity (Wildman–Crippen MR) is 183 cm³/mol. The van der Waals surface area contributed by atoms with E-state index >= 15 is 0 Å². The molecule has 5 rings (SSSR count). The number of nitrogens with zero attached hydrogens (tertiary/aromatic N) is 2. The first kappa shape index (κ1) is 33.2. The molecule has 0 saturated heterocycles. The van der Waals surface area contributed by atoms with Gasteiger partial charge in [-0.05, 0) is 67.6 Å². The highest BCUT2D eigenvalue weighted by molar-refractivity contribution is 7.92. The van der Waals surface area contributed by atoms with Gasteiger partial charge < -0.3 is 10.2 Å². The van der Waals surface area contributed by atoms with Gasteiger partial charge in [0.15, 0.2) is 0 Å². The Morgan fingerprint density at radius 1 is 0.848 bits per heavy atom. The van der Waals surface area contributed by atoms with Crippen molar-refractivity contribution in [2.75, 3.05) is 10.8 Å². The second kappa shape index (κ2) is 15.0. The number of nitrogens with one attached hydrogen (secondary N) is 1. The summed E-state index contributed by atoms with van der Waals surface area (Å²) in [7, 11) is -4.23. The third-order valence-corrected chi connectivity index (χ3v) is 10.7. The van der Waals surface area contributed by atoms with Crippen molar-refractivity contribution in [3.63, 3.8) is 0 Å². The number of benzene rings is 4. The van der Waals surface area contributed by atoms with Gasteiger partial charge in [0.2, 0.25) is 11.8 Å². The maximum absolute atomic E-state index is 14.7. The number of carbonyl (C=O) groups is 2. The fraction of sp³-hybridized carbons (Fsp3) is 0.297.